The summed E-state index contributed by atoms with van der Waals surface area (Å²) in [7, 11) is 0. The molecule has 2 amide bonds. The largest absolute Gasteiger partial charge is 0.376 e. The highest BCUT2D eigenvalue weighted by atomic mass is 35.5. The number of carbonyl (C=O) groups excluding carboxylic acids is 2. The van der Waals surface area contributed by atoms with Crippen molar-refractivity contribution in [2.45, 2.75) is 38.1 Å². The molecular formula is C21H22Cl3N3O2. The van der Waals surface area contributed by atoms with Gasteiger partial charge in [0.25, 0.3) is 5.91 Å². The molecule has 3 N–H and O–H groups in total. The minimum Gasteiger partial charge on any atom is -0.376 e. The molecule has 1 fully saturated rings. The molecule has 1 saturated carbocycles. The van der Waals surface area contributed by atoms with E-state index in [1.165, 1.54) is 6.42 Å². The van der Waals surface area contributed by atoms with Crippen molar-refractivity contribution in [2.75, 3.05) is 17.2 Å². The molecule has 8 heteroatoms. The van der Waals surface area contributed by atoms with Crippen LogP contribution in [0.25, 0.3) is 0 Å². The van der Waals surface area contributed by atoms with E-state index in [-0.39, 0.29) is 24.4 Å². The Hall–Kier alpha value is -1.95. The van der Waals surface area contributed by atoms with E-state index in [1.54, 1.807) is 36.4 Å². The summed E-state index contributed by atoms with van der Waals surface area (Å²) in [5.74, 6) is -0.488. The number of carbonyl (C=O) groups is 2. The van der Waals surface area contributed by atoms with Gasteiger partial charge in [-0.3, -0.25) is 9.59 Å². The fraction of sp³-hybridized carbons (Fsp3) is 0.333. The molecule has 1 aliphatic rings. The van der Waals surface area contributed by atoms with E-state index in [2.05, 4.69) is 16.0 Å². The molecule has 0 heterocycles. The summed E-state index contributed by atoms with van der Waals surface area (Å²) in [6.07, 6.45) is 5.47. The Morgan fingerprint density at radius 1 is 0.931 bits per heavy atom. The fourth-order valence-electron chi connectivity index (χ4n) is 3.29. The molecule has 0 spiro atoms. The van der Waals surface area contributed by atoms with Crippen LogP contribution in [0.4, 0.5) is 11.4 Å². The number of hydrogen-bond acceptors (Lipinski definition) is 3. The topological polar surface area (TPSA) is 70.2 Å². The highest BCUT2D eigenvalue weighted by Crippen LogP contribution is 2.26. The quantitative estimate of drug-likeness (QED) is 0.519. The third-order valence-corrected chi connectivity index (χ3v) is 5.70. The highest BCUT2D eigenvalue weighted by molar-refractivity contribution is 6.35. The third kappa shape index (κ3) is 6.26. The molecule has 0 saturated heterocycles. The summed E-state index contributed by atoms with van der Waals surface area (Å²) in [6.45, 7) is -0.00579. The third-order valence-electron chi connectivity index (χ3n) is 4.81. The van der Waals surface area contributed by atoms with Crippen molar-refractivity contribution in [1.29, 1.82) is 0 Å². The van der Waals surface area contributed by atoms with Gasteiger partial charge in [0.15, 0.2) is 0 Å². The van der Waals surface area contributed by atoms with Crippen LogP contribution in [0.15, 0.2) is 36.4 Å². The first-order valence-corrected chi connectivity index (χ1v) is 10.6. The molecule has 2 aromatic rings. The van der Waals surface area contributed by atoms with E-state index in [0.717, 1.165) is 25.7 Å². The Morgan fingerprint density at radius 3 is 2.41 bits per heavy atom. The van der Waals surface area contributed by atoms with E-state index in [0.29, 0.717) is 32.0 Å². The van der Waals surface area contributed by atoms with Crippen molar-refractivity contribution in [3.63, 3.8) is 0 Å². The maximum Gasteiger partial charge on any atom is 0.253 e. The van der Waals surface area contributed by atoms with Gasteiger partial charge in [0.2, 0.25) is 5.91 Å². The molecule has 5 nitrogen and oxygen atoms in total. The van der Waals surface area contributed by atoms with E-state index in [9.17, 15) is 9.59 Å². The molecular weight excluding hydrogens is 433 g/mol. The maximum absolute atomic E-state index is 12.6. The first kappa shape index (κ1) is 21.8. The van der Waals surface area contributed by atoms with Gasteiger partial charge in [0, 0.05) is 16.8 Å². The lowest BCUT2D eigenvalue weighted by atomic mass is 9.95. The van der Waals surface area contributed by atoms with Crippen LogP contribution in [-0.4, -0.2) is 24.4 Å². The second-order valence-electron chi connectivity index (χ2n) is 7.03. The van der Waals surface area contributed by atoms with E-state index in [4.69, 9.17) is 34.8 Å². The molecule has 0 radical (unpaired) electrons. The van der Waals surface area contributed by atoms with E-state index in [1.807, 2.05) is 0 Å². The summed E-state index contributed by atoms with van der Waals surface area (Å²) in [5.41, 5.74) is 1.45. The Kier molecular flexibility index (Phi) is 7.64. The predicted molar refractivity (Wildman–Crippen MR) is 119 cm³/mol. The number of halogens is 3. The van der Waals surface area contributed by atoms with E-state index >= 15 is 0 Å². The molecule has 0 aliphatic heterocycles. The van der Waals surface area contributed by atoms with Crippen LogP contribution in [0.5, 0.6) is 0 Å². The van der Waals surface area contributed by atoms with Crippen LogP contribution in [0.2, 0.25) is 15.1 Å². The van der Waals surface area contributed by atoms with Gasteiger partial charge < -0.3 is 16.0 Å². The molecule has 154 valence electrons. The standard InChI is InChI=1S/C21H22Cl3N3O2/c22-13-6-8-18(24)19(10-13)27-20(28)12-25-15-7-9-17(23)16(11-15)21(29)26-14-4-2-1-3-5-14/h6-11,14,25H,1-5,12H2,(H,26,29)(H,27,28). The van der Waals surface area contributed by atoms with Gasteiger partial charge in [-0.15, -0.1) is 0 Å². The van der Waals surface area contributed by atoms with E-state index < -0.39 is 0 Å². The van der Waals surface area contributed by atoms with Gasteiger partial charge in [0.05, 0.1) is 27.8 Å². The summed E-state index contributed by atoms with van der Waals surface area (Å²) >= 11 is 18.2. The molecule has 0 bridgehead atoms. The lowest BCUT2D eigenvalue weighted by Gasteiger charge is -2.23. The van der Waals surface area contributed by atoms with Crippen molar-refractivity contribution < 1.29 is 9.59 Å². The summed E-state index contributed by atoms with van der Waals surface area (Å²) < 4.78 is 0. The van der Waals surface area contributed by atoms with Gasteiger partial charge >= 0.3 is 0 Å². The Morgan fingerprint density at radius 2 is 1.66 bits per heavy atom. The maximum atomic E-state index is 12.6. The zero-order valence-corrected chi connectivity index (χ0v) is 18.0. The molecule has 0 atom stereocenters. The van der Waals surface area contributed by atoms with Gasteiger partial charge in [-0.25, -0.2) is 0 Å². The van der Waals surface area contributed by atoms with Crippen LogP contribution in [-0.2, 0) is 4.79 Å². The fourth-order valence-corrected chi connectivity index (χ4v) is 3.83. The summed E-state index contributed by atoms with van der Waals surface area (Å²) in [4.78, 5) is 24.8. The Labute approximate surface area is 185 Å². The minimum atomic E-state index is -0.294. The minimum absolute atomic E-state index is 0.00579. The second-order valence-corrected chi connectivity index (χ2v) is 8.28. The number of nitrogens with one attached hydrogen (secondary N) is 3. The zero-order valence-electron chi connectivity index (χ0n) is 15.7. The average Bonchev–Trinajstić information content (AvgIpc) is 2.71. The smallest absolute Gasteiger partial charge is 0.253 e. The molecule has 3 rings (SSSR count). The van der Waals surface area contributed by atoms with Crippen molar-refractivity contribution in [3.05, 3.63) is 57.0 Å². The van der Waals surface area contributed by atoms with Crippen LogP contribution in [0, 0.1) is 0 Å². The van der Waals surface area contributed by atoms with Crippen LogP contribution in [0.3, 0.4) is 0 Å². The van der Waals surface area contributed by atoms with Gasteiger partial charge in [-0.2, -0.15) is 0 Å². The molecule has 1 aliphatic carbocycles. The van der Waals surface area contributed by atoms with Crippen molar-refractivity contribution >= 4 is 58.0 Å². The van der Waals surface area contributed by atoms with Gasteiger partial charge in [0.1, 0.15) is 0 Å². The number of benzene rings is 2. The lowest BCUT2D eigenvalue weighted by Crippen LogP contribution is -2.36. The first-order chi connectivity index (χ1) is 13.9. The second kappa shape index (κ2) is 10.2. The number of amides is 2. The first-order valence-electron chi connectivity index (χ1n) is 9.51. The normalized spacial score (nSPS) is 14.3. The predicted octanol–water partition coefficient (Wildman–Crippen LogP) is 5.76. The Bertz CT molecular complexity index is 899. The van der Waals surface area contributed by atoms with Crippen LogP contribution in [0.1, 0.15) is 42.5 Å². The van der Waals surface area contributed by atoms with Crippen molar-refractivity contribution in [1.82, 2.24) is 5.32 Å². The average molecular weight is 455 g/mol. The van der Waals surface area contributed by atoms with Crippen LogP contribution < -0.4 is 16.0 Å². The molecule has 0 unspecified atom stereocenters. The van der Waals surface area contributed by atoms with Crippen molar-refractivity contribution in [3.8, 4) is 0 Å². The Balaban J connectivity index is 1.59. The molecule has 2 aromatic carbocycles. The monoisotopic (exact) mass is 453 g/mol. The number of rotatable bonds is 6. The zero-order chi connectivity index (χ0) is 20.8. The number of hydrogen-bond donors (Lipinski definition) is 3. The molecule has 29 heavy (non-hydrogen) atoms. The highest BCUT2D eigenvalue weighted by Gasteiger charge is 2.18. The lowest BCUT2D eigenvalue weighted by molar-refractivity contribution is -0.114. The number of anilines is 2. The summed E-state index contributed by atoms with van der Waals surface area (Å²) in [6, 6.07) is 10.1. The van der Waals surface area contributed by atoms with Crippen LogP contribution >= 0.6 is 34.8 Å². The van der Waals surface area contributed by atoms with Gasteiger partial charge in [-0.1, -0.05) is 54.1 Å². The molecule has 0 aromatic heterocycles. The SMILES string of the molecule is O=C(CNc1ccc(Cl)c(C(=O)NC2CCCCC2)c1)Nc1cc(Cl)ccc1Cl. The summed E-state index contributed by atoms with van der Waals surface area (Å²) in [5, 5.41) is 10.0. The van der Waals surface area contributed by atoms with Gasteiger partial charge in [-0.05, 0) is 49.2 Å². The van der Waals surface area contributed by atoms with Crippen molar-refractivity contribution in [2.24, 2.45) is 0 Å².